The number of hydrogen-bond acceptors (Lipinski definition) is 4. The highest BCUT2D eigenvalue weighted by molar-refractivity contribution is 7.80. The number of phenols is 2. The van der Waals surface area contributed by atoms with Gasteiger partial charge in [-0.15, -0.1) is 0 Å². The van der Waals surface area contributed by atoms with E-state index in [4.69, 9.17) is 17.0 Å². The fourth-order valence-electron chi connectivity index (χ4n) is 8.30. The zero-order chi connectivity index (χ0) is 43.0. The zero-order valence-electron chi connectivity index (χ0n) is 39.1. The predicted octanol–water partition coefficient (Wildman–Crippen LogP) is 15.9. The first kappa shape index (κ1) is 48.5. The molecule has 0 saturated heterocycles. The van der Waals surface area contributed by atoms with Crippen LogP contribution in [0.3, 0.4) is 0 Å². The Morgan fingerprint density at radius 2 is 1.09 bits per heavy atom. The Kier molecular flexibility index (Phi) is 17.0. The molecule has 0 fully saturated rings. The molecule has 0 radical (unpaired) electrons. The second-order valence-electron chi connectivity index (χ2n) is 21.5. The molecule has 57 heavy (non-hydrogen) atoms. The third kappa shape index (κ3) is 13.6. The molecule has 0 aliphatic heterocycles. The van der Waals surface area contributed by atoms with E-state index in [-0.39, 0.29) is 21.7 Å². The van der Waals surface area contributed by atoms with Crippen molar-refractivity contribution in [2.75, 3.05) is 0 Å². The fourth-order valence-corrected chi connectivity index (χ4v) is 8.51. The molecule has 2 N–H and O–H groups in total. The first-order valence-electron chi connectivity index (χ1n) is 22.4. The Balaban J connectivity index is 2.01. The van der Waals surface area contributed by atoms with Gasteiger partial charge in [0.15, 0.2) is 5.05 Å². The number of aromatic hydroxyl groups is 2. The van der Waals surface area contributed by atoms with E-state index >= 15 is 0 Å². The van der Waals surface area contributed by atoms with E-state index in [0.717, 1.165) is 53.7 Å². The van der Waals surface area contributed by atoms with Gasteiger partial charge in [-0.25, -0.2) is 0 Å². The van der Waals surface area contributed by atoms with Crippen molar-refractivity contribution in [1.82, 2.24) is 0 Å². The van der Waals surface area contributed by atoms with Crippen LogP contribution in [0.1, 0.15) is 220 Å². The van der Waals surface area contributed by atoms with Crippen molar-refractivity contribution < 1.29 is 14.9 Å². The molecule has 3 rings (SSSR count). The third-order valence-corrected chi connectivity index (χ3v) is 12.6. The number of ether oxygens (including phenoxy) is 1. The quantitative estimate of drug-likeness (QED) is 0.0994. The molecule has 3 aromatic rings. The highest BCUT2D eigenvalue weighted by Gasteiger charge is 2.34. The van der Waals surface area contributed by atoms with Crippen LogP contribution in [0, 0.1) is 5.92 Å². The van der Waals surface area contributed by atoms with E-state index in [1.807, 2.05) is 6.07 Å². The minimum absolute atomic E-state index is 0.184. The van der Waals surface area contributed by atoms with Crippen LogP contribution in [0.2, 0.25) is 0 Å². The number of unbranched alkanes of at least 4 members (excludes halogenated alkanes) is 6. The van der Waals surface area contributed by atoms with Crippen LogP contribution in [-0.4, -0.2) is 15.3 Å². The van der Waals surface area contributed by atoms with Crippen molar-refractivity contribution in [2.24, 2.45) is 5.92 Å². The standard InChI is InChI=1S/C53H82O3S/c1-16-18-19-20-21-22-23-24-37(17-2)25-30-47(57)56-46-29-27-40(36-42(46)50(6,7)8)53(15,39-26-28-45(54)41(35-39)49(3,4)5)32-31-38-33-43(51(9,10)11)48(55)44(34-38)52(12,13)14/h26-29,33-37,54-55H,16-25,30-32H2,1-15H3. The van der Waals surface area contributed by atoms with E-state index in [1.54, 1.807) is 0 Å². The van der Waals surface area contributed by atoms with Crippen LogP contribution >= 0.6 is 12.2 Å². The second kappa shape index (κ2) is 19.9. The smallest absolute Gasteiger partial charge is 0.167 e. The monoisotopic (exact) mass is 799 g/mol. The summed E-state index contributed by atoms with van der Waals surface area (Å²) in [5, 5.41) is 23.2. The summed E-state index contributed by atoms with van der Waals surface area (Å²) < 4.78 is 6.61. The summed E-state index contributed by atoms with van der Waals surface area (Å²) in [4.78, 5) is 0. The molecule has 0 aromatic heterocycles. The van der Waals surface area contributed by atoms with Crippen LogP contribution in [0.15, 0.2) is 48.5 Å². The van der Waals surface area contributed by atoms with E-state index < -0.39 is 5.41 Å². The maximum atomic E-state index is 11.5. The maximum absolute atomic E-state index is 11.5. The second-order valence-corrected chi connectivity index (χ2v) is 22.0. The van der Waals surface area contributed by atoms with Gasteiger partial charge < -0.3 is 14.9 Å². The average Bonchev–Trinajstić information content (AvgIpc) is 3.10. The molecular weight excluding hydrogens is 717 g/mol. The van der Waals surface area contributed by atoms with Gasteiger partial charge in [-0.2, -0.15) is 0 Å². The van der Waals surface area contributed by atoms with Crippen molar-refractivity contribution in [3.05, 3.63) is 87.5 Å². The molecule has 0 aliphatic carbocycles. The number of hydrogen-bond donors (Lipinski definition) is 2. The van der Waals surface area contributed by atoms with Gasteiger partial charge in [-0.1, -0.05) is 198 Å². The largest absolute Gasteiger partial charge is 0.508 e. The molecule has 3 nitrogen and oxygen atoms in total. The lowest BCUT2D eigenvalue weighted by atomic mass is 9.69. The summed E-state index contributed by atoms with van der Waals surface area (Å²) in [6.07, 6.45) is 15.4. The van der Waals surface area contributed by atoms with E-state index in [2.05, 4.69) is 146 Å². The van der Waals surface area contributed by atoms with Crippen LogP contribution in [0.25, 0.3) is 0 Å². The molecular formula is C53H82O3S. The van der Waals surface area contributed by atoms with Gasteiger partial charge >= 0.3 is 0 Å². The van der Waals surface area contributed by atoms with Crippen LogP contribution < -0.4 is 4.74 Å². The Hall–Kier alpha value is -2.85. The van der Waals surface area contributed by atoms with Crippen molar-refractivity contribution in [3.63, 3.8) is 0 Å². The molecule has 0 saturated carbocycles. The van der Waals surface area contributed by atoms with Crippen LogP contribution in [-0.2, 0) is 33.5 Å². The summed E-state index contributed by atoms with van der Waals surface area (Å²) in [6.45, 7) is 33.3. The SMILES string of the molecule is CCCCCCCCCC(CC)CCC(=S)Oc1ccc(C(C)(CCc2cc(C(C)(C)C)c(O)c(C(C)(C)C)c2)c2ccc(O)c(C(C)(C)C)c2)cc1C(C)(C)C. The lowest BCUT2D eigenvalue weighted by Gasteiger charge is -2.35. The number of rotatable bonds is 18. The molecule has 0 aliphatic rings. The number of phenolic OH excluding ortho intramolecular Hbond substituents is 2. The minimum Gasteiger partial charge on any atom is -0.508 e. The molecule has 0 spiro atoms. The van der Waals surface area contributed by atoms with Gasteiger partial charge in [0.2, 0.25) is 0 Å². The summed E-state index contributed by atoms with van der Waals surface area (Å²) >= 11 is 5.94. The Bertz CT molecular complexity index is 1720. The van der Waals surface area contributed by atoms with E-state index in [0.29, 0.717) is 22.5 Å². The number of thiocarbonyl (C=S) groups is 1. The minimum atomic E-state index is -0.404. The molecule has 2 unspecified atom stereocenters. The lowest BCUT2D eigenvalue weighted by molar-refractivity contribution is 0.408. The zero-order valence-corrected chi connectivity index (χ0v) is 39.9. The lowest BCUT2D eigenvalue weighted by Crippen LogP contribution is -2.27. The molecule has 0 heterocycles. The van der Waals surface area contributed by atoms with Crippen molar-refractivity contribution >= 4 is 17.3 Å². The third-order valence-electron chi connectivity index (χ3n) is 12.3. The topological polar surface area (TPSA) is 49.7 Å². The van der Waals surface area contributed by atoms with Gasteiger partial charge in [0.25, 0.3) is 0 Å². The maximum Gasteiger partial charge on any atom is 0.167 e. The predicted molar refractivity (Wildman–Crippen MR) is 251 cm³/mol. The Morgan fingerprint density at radius 1 is 0.596 bits per heavy atom. The van der Waals surface area contributed by atoms with Crippen LogP contribution in [0.5, 0.6) is 17.2 Å². The van der Waals surface area contributed by atoms with E-state index in [1.165, 1.54) is 74.5 Å². The first-order valence-corrected chi connectivity index (χ1v) is 22.8. The average molecular weight is 799 g/mol. The van der Waals surface area contributed by atoms with Gasteiger partial charge in [0, 0.05) is 17.4 Å². The molecule has 0 bridgehead atoms. The Labute approximate surface area is 355 Å². The molecule has 2 atom stereocenters. The summed E-state index contributed by atoms with van der Waals surface area (Å²) in [6, 6.07) is 17.4. The molecule has 3 aromatic carbocycles. The van der Waals surface area contributed by atoms with Crippen molar-refractivity contribution in [1.29, 1.82) is 0 Å². The van der Waals surface area contributed by atoms with Gasteiger partial charge in [0.1, 0.15) is 17.2 Å². The first-order chi connectivity index (χ1) is 26.3. The summed E-state index contributed by atoms with van der Waals surface area (Å²) in [5.41, 5.74) is 6.45. The van der Waals surface area contributed by atoms with Crippen molar-refractivity contribution in [3.8, 4) is 17.2 Å². The van der Waals surface area contributed by atoms with Gasteiger partial charge in [-0.05, 0) is 105 Å². The molecule has 318 valence electrons. The van der Waals surface area contributed by atoms with Crippen LogP contribution in [0.4, 0.5) is 0 Å². The van der Waals surface area contributed by atoms with Gasteiger partial charge in [-0.3, -0.25) is 0 Å². The number of aryl methyl sites for hydroxylation is 1. The fraction of sp³-hybridized carbons (Fsp3) is 0.642. The van der Waals surface area contributed by atoms with Crippen molar-refractivity contribution in [2.45, 2.75) is 214 Å². The highest BCUT2D eigenvalue weighted by atomic mass is 32.1. The van der Waals surface area contributed by atoms with E-state index in [9.17, 15) is 10.2 Å². The molecule has 0 amide bonds. The Morgan fingerprint density at radius 3 is 1.60 bits per heavy atom. The highest BCUT2D eigenvalue weighted by Crippen LogP contribution is 2.45. The summed E-state index contributed by atoms with van der Waals surface area (Å²) in [7, 11) is 0. The molecule has 4 heteroatoms. The van der Waals surface area contributed by atoms with Gasteiger partial charge in [0.05, 0.1) is 0 Å². The normalized spacial score (nSPS) is 14.4. The summed E-state index contributed by atoms with van der Waals surface area (Å²) in [5.74, 6) is 2.28. The number of benzene rings is 3.